The fraction of sp³-hybridized carbons (Fsp3) is 0.261. The maximum absolute atomic E-state index is 12.3. The van der Waals surface area contributed by atoms with Crippen LogP contribution < -0.4 is 5.32 Å². The van der Waals surface area contributed by atoms with Gasteiger partial charge in [-0.25, -0.2) is 8.42 Å². The van der Waals surface area contributed by atoms with Gasteiger partial charge in [-0.15, -0.1) is 0 Å². The Hall–Kier alpha value is -2.66. The van der Waals surface area contributed by atoms with E-state index in [1.54, 1.807) is 0 Å². The summed E-state index contributed by atoms with van der Waals surface area (Å²) < 4.78 is 24.6. The predicted octanol–water partition coefficient (Wildman–Crippen LogP) is 4.06. The van der Waals surface area contributed by atoms with Gasteiger partial charge in [0.25, 0.3) is 0 Å². The van der Waals surface area contributed by atoms with Gasteiger partial charge in [0, 0.05) is 0 Å². The largest absolute Gasteiger partial charge is 0.349 e. The molecule has 1 N–H and O–H groups in total. The molecular weight excluding hydrogens is 370 g/mol. The highest BCUT2D eigenvalue weighted by Gasteiger charge is 2.19. The number of sulfone groups is 1. The van der Waals surface area contributed by atoms with E-state index in [0.717, 1.165) is 21.9 Å². The fourth-order valence-electron chi connectivity index (χ4n) is 3.40. The summed E-state index contributed by atoms with van der Waals surface area (Å²) in [6, 6.07) is 23.4. The van der Waals surface area contributed by atoms with Crippen molar-refractivity contribution in [1.82, 2.24) is 5.32 Å². The highest BCUT2D eigenvalue weighted by atomic mass is 32.2. The minimum absolute atomic E-state index is 0.0119. The summed E-state index contributed by atoms with van der Waals surface area (Å²) in [5.74, 6) is -0.922. The zero-order chi connectivity index (χ0) is 20.0. The normalized spacial score (nSPS) is 12.6. The van der Waals surface area contributed by atoms with Crippen molar-refractivity contribution < 1.29 is 13.2 Å². The molecule has 0 bridgehead atoms. The molecular formula is C23H25NO3S. The Morgan fingerprint density at radius 3 is 2.39 bits per heavy atom. The van der Waals surface area contributed by atoms with E-state index in [0.29, 0.717) is 12.8 Å². The molecule has 0 radical (unpaired) electrons. The molecule has 146 valence electrons. The summed E-state index contributed by atoms with van der Waals surface area (Å²) in [7, 11) is -3.43. The van der Waals surface area contributed by atoms with E-state index in [2.05, 4.69) is 5.32 Å². The number of hydrogen-bond acceptors (Lipinski definition) is 3. The first-order valence-corrected chi connectivity index (χ1v) is 11.3. The number of benzene rings is 3. The minimum atomic E-state index is -3.43. The van der Waals surface area contributed by atoms with E-state index in [9.17, 15) is 13.2 Å². The summed E-state index contributed by atoms with van der Waals surface area (Å²) in [5, 5.41) is 4.99. The molecule has 3 aromatic rings. The van der Waals surface area contributed by atoms with Crippen molar-refractivity contribution in [2.75, 3.05) is 11.5 Å². The van der Waals surface area contributed by atoms with Crippen molar-refractivity contribution in [3.8, 4) is 0 Å². The summed E-state index contributed by atoms with van der Waals surface area (Å²) in [4.78, 5) is 12.3. The van der Waals surface area contributed by atoms with Crippen LogP contribution in [0.15, 0.2) is 72.8 Å². The lowest BCUT2D eigenvalue weighted by atomic mass is 10.00. The molecule has 1 atom stereocenters. The zero-order valence-corrected chi connectivity index (χ0v) is 16.8. The van der Waals surface area contributed by atoms with Gasteiger partial charge in [-0.05, 0) is 41.7 Å². The number of carbonyl (C=O) groups is 1. The van der Waals surface area contributed by atoms with Crippen molar-refractivity contribution in [2.24, 2.45) is 0 Å². The quantitative estimate of drug-likeness (QED) is 0.625. The van der Waals surface area contributed by atoms with E-state index >= 15 is 0 Å². The Bertz CT molecular complexity index is 1040. The van der Waals surface area contributed by atoms with Crippen molar-refractivity contribution >= 4 is 26.5 Å². The molecule has 5 heteroatoms. The summed E-state index contributed by atoms with van der Waals surface area (Å²) in [5.41, 5.74) is 2.08. The standard InChI is InChI=1S/C23H25NO3S/c1-18(21-15-7-13-20-12-5-6-14-22(20)21)24-23(25)17-28(26,27)16-8-11-19-9-3-2-4-10-19/h2-7,9-10,12-15,18H,8,11,16-17H2,1H3,(H,24,25). The number of rotatable bonds is 8. The molecule has 1 amide bonds. The molecule has 0 aliphatic rings. The van der Waals surface area contributed by atoms with E-state index in [1.807, 2.05) is 79.7 Å². The highest BCUT2D eigenvalue weighted by Crippen LogP contribution is 2.24. The number of carbonyl (C=O) groups excluding carboxylic acids is 1. The molecule has 4 nitrogen and oxygen atoms in total. The van der Waals surface area contributed by atoms with Crippen LogP contribution in [-0.4, -0.2) is 25.8 Å². The summed E-state index contributed by atoms with van der Waals surface area (Å²) in [6.45, 7) is 1.88. The molecule has 0 aliphatic heterocycles. The molecule has 0 saturated carbocycles. The zero-order valence-electron chi connectivity index (χ0n) is 16.0. The molecule has 0 aromatic heterocycles. The van der Waals surface area contributed by atoms with E-state index < -0.39 is 21.5 Å². The maximum Gasteiger partial charge on any atom is 0.235 e. The van der Waals surface area contributed by atoms with Gasteiger partial charge >= 0.3 is 0 Å². The average Bonchev–Trinajstić information content (AvgIpc) is 2.67. The second-order valence-electron chi connectivity index (χ2n) is 7.04. The van der Waals surface area contributed by atoms with Gasteiger partial charge in [-0.3, -0.25) is 4.79 Å². The molecule has 0 fully saturated rings. The molecule has 3 rings (SSSR count). The monoisotopic (exact) mass is 395 g/mol. The van der Waals surface area contributed by atoms with E-state index in [1.165, 1.54) is 0 Å². The topological polar surface area (TPSA) is 63.2 Å². The molecule has 0 spiro atoms. The predicted molar refractivity (Wildman–Crippen MR) is 114 cm³/mol. The molecule has 3 aromatic carbocycles. The van der Waals surface area contributed by atoms with Gasteiger partial charge < -0.3 is 5.32 Å². The molecule has 0 saturated heterocycles. The lowest BCUT2D eigenvalue weighted by molar-refractivity contribution is -0.119. The lowest BCUT2D eigenvalue weighted by Crippen LogP contribution is -2.33. The van der Waals surface area contributed by atoms with Crippen LogP contribution in [-0.2, 0) is 21.1 Å². The smallest absolute Gasteiger partial charge is 0.235 e. The summed E-state index contributed by atoms with van der Waals surface area (Å²) in [6.07, 6.45) is 1.20. The minimum Gasteiger partial charge on any atom is -0.349 e. The number of fused-ring (bicyclic) bond motifs is 1. The Balaban J connectivity index is 1.56. The Morgan fingerprint density at radius 1 is 0.929 bits per heavy atom. The van der Waals surface area contributed by atoms with Gasteiger partial charge in [-0.1, -0.05) is 72.8 Å². The van der Waals surface area contributed by atoms with Crippen molar-refractivity contribution in [1.29, 1.82) is 0 Å². The van der Waals surface area contributed by atoms with E-state index in [4.69, 9.17) is 0 Å². The SMILES string of the molecule is CC(NC(=O)CS(=O)(=O)CCCc1ccccc1)c1cccc2ccccc12. The Labute approximate surface area is 166 Å². The second kappa shape index (κ2) is 9.02. The molecule has 0 aliphatic carbocycles. The first-order chi connectivity index (χ1) is 13.4. The van der Waals surface area contributed by atoms with Gasteiger partial charge in [0.05, 0.1) is 11.8 Å². The fourth-order valence-corrected chi connectivity index (χ4v) is 4.61. The van der Waals surface area contributed by atoms with Crippen LogP contribution in [0.2, 0.25) is 0 Å². The van der Waals surface area contributed by atoms with Gasteiger partial charge in [-0.2, -0.15) is 0 Å². The molecule has 0 heterocycles. The van der Waals surface area contributed by atoms with Crippen molar-refractivity contribution in [3.05, 3.63) is 83.9 Å². The van der Waals surface area contributed by atoms with Crippen LogP contribution in [0.3, 0.4) is 0 Å². The molecule has 28 heavy (non-hydrogen) atoms. The van der Waals surface area contributed by atoms with Crippen molar-refractivity contribution in [3.63, 3.8) is 0 Å². The van der Waals surface area contributed by atoms with Crippen LogP contribution in [0, 0.1) is 0 Å². The molecule has 1 unspecified atom stereocenters. The summed E-state index contributed by atoms with van der Waals surface area (Å²) >= 11 is 0. The first kappa shape index (κ1) is 20.1. The van der Waals surface area contributed by atoms with E-state index in [-0.39, 0.29) is 11.8 Å². The van der Waals surface area contributed by atoms with Crippen LogP contribution in [0.5, 0.6) is 0 Å². The third kappa shape index (κ3) is 5.42. The van der Waals surface area contributed by atoms with Crippen LogP contribution in [0.25, 0.3) is 10.8 Å². The van der Waals surface area contributed by atoms with Gasteiger partial charge in [0.1, 0.15) is 5.75 Å². The van der Waals surface area contributed by atoms with Gasteiger partial charge in [0.2, 0.25) is 5.91 Å². The Morgan fingerprint density at radius 2 is 1.61 bits per heavy atom. The average molecular weight is 396 g/mol. The lowest BCUT2D eigenvalue weighted by Gasteiger charge is -2.16. The number of aryl methyl sites for hydroxylation is 1. The second-order valence-corrected chi connectivity index (χ2v) is 9.22. The number of nitrogens with one attached hydrogen (secondary N) is 1. The van der Waals surface area contributed by atoms with Gasteiger partial charge in [0.15, 0.2) is 9.84 Å². The van der Waals surface area contributed by atoms with Crippen LogP contribution >= 0.6 is 0 Å². The maximum atomic E-state index is 12.3. The van der Waals surface area contributed by atoms with Crippen LogP contribution in [0.1, 0.15) is 30.5 Å². The third-order valence-corrected chi connectivity index (χ3v) is 6.39. The highest BCUT2D eigenvalue weighted by molar-refractivity contribution is 7.92. The Kier molecular flexibility index (Phi) is 6.47. The third-order valence-electron chi connectivity index (χ3n) is 4.78. The first-order valence-electron chi connectivity index (χ1n) is 9.46. The van der Waals surface area contributed by atoms with Crippen LogP contribution in [0.4, 0.5) is 0 Å². The number of amides is 1. The van der Waals surface area contributed by atoms with Crippen molar-refractivity contribution in [2.45, 2.75) is 25.8 Å². The number of hydrogen-bond donors (Lipinski definition) is 1.